The summed E-state index contributed by atoms with van der Waals surface area (Å²) in [5, 5.41) is 13.4. The fourth-order valence-electron chi connectivity index (χ4n) is 1.77. The van der Waals surface area contributed by atoms with Gasteiger partial charge in [-0.15, -0.1) is 0 Å². The maximum Gasteiger partial charge on any atom is 0.328 e. The summed E-state index contributed by atoms with van der Waals surface area (Å²) in [6, 6.07) is 1.45. The van der Waals surface area contributed by atoms with Crippen molar-refractivity contribution < 1.29 is 9.90 Å². The van der Waals surface area contributed by atoms with Gasteiger partial charge >= 0.3 is 5.97 Å². The Morgan fingerprint density at radius 2 is 2.47 bits per heavy atom. The van der Waals surface area contributed by atoms with E-state index < -0.39 is 12.0 Å². The van der Waals surface area contributed by atoms with Gasteiger partial charge in [0.2, 0.25) is 0 Å². The van der Waals surface area contributed by atoms with Crippen molar-refractivity contribution in [1.82, 2.24) is 9.78 Å². The Labute approximate surface area is 88.9 Å². The third kappa shape index (κ3) is 2.19. The second kappa shape index (κ2) is 4.04. The molecule has 0 aromatic carbocycles. The van der Waals surface area contributed by atoms with E-state index in [4.69, 9.17) is 5.11 Å². The van der Waals surface area contributed by atoms with Gasteiger partial charge in [-0.1, -0.05) is 13.3 Å². The molecular weight excluding hydrogens is 192 g/mol. The molecule has 0 bridgehead atoms. The molecule has 4 nitrogen and oxygen atoms in total. The summed E-state index contributed by atoms with van der Waals surface area (Å²) >= 11 is 0. The summed E-state index contributed by atoms with van der Waals surface area (Å²) in [7, 11) is 0. The van der Waals surface area contributed by atoms with Crippen LogP contribution in [0.3, 0.4) is 0 Å². The normalized spacial score (nSPS) is 17.7. The first-order valence-corrected chi connectivity index (χ1v) is 5.50. The topological polar surface area (TPSA) is 55.1 Å². The molecule has 0 amide bonds. The van der Waals surface area contributed by atoms with E-state index in [9.17, 15) is 4.79 Å². The van der Waals surface area contributed by atoms with Crippen molar-refractivity contribution in [2.24, 2.45) is 0 Å². The zero-order valence-electron chi connectivity index (χ0n) is 8.89. The highest BCUT2D eigenvalue weighted by molar-refractivity contribution is 5.71. The van der Waals surface area contributed by atoms with Gasteiger partial charge in [0.15, 0.2) is 0 Å². The number of carboxylic acid groups (broad SMARTS) is 1. The standard InChI is InChI=1S/C11H16N2O2/c1-2-3-10(11(14)15)13-7-6-9(12-13)8-4-5-8/h6-8,10H,2-5H2,1H3,(H,14,15). The lowest BCUT2D eigenvalue weighted by Crippen LogP contribution is -2.19. The van der Waals surface area contributed by atoms with Crippen LogP contribution in [0.15, 0.2) is 12.3 Å². The molecule has 1 aromatic heterocycles. The lowest BCUT2D eigenvalue weighted by atomic mass is 10.2. The van der Waals surface area contributed by atoms with E-state index >= 15 is 0 Å². The number of aliphatic carboxylic acids is 1. The number of hydrogen-bond donors (Lipinski definition) is 1. The van der Waals surface area contributed by atoms with Gasteiger partial charge in [-0.25, -0.2) is 4.79 Å². The molecule has 1 fully saturated rings. The van der Waals surface area contributed by atoms with Gasteiger partial charge in [0.05, 0.1) is 5.69 Å². The number of hydrogen-bond acceptors (Lipinski definition) is 2. The van der Waals surface area contributed by atoms with Crippen LogP contribution in [0.2, 0.25) is 0 Å². The molecule has 1 saturated carbocycles. The van der Waals surface area contributed by atoms with Crippen molar-refractivity contribution in [3.8, 4) is 0 Å². The average Bonchev–Trinajstić information content (AvgIpc) is 2.94. The van der Waals surface area contributed by atoms with Gasteiger partial charge in [0.1, 0.15) is 6.04 Å². The van der Waals surface area contributed by atoms with E-state index in [2.05, 4.69) is 5.10 Å². The molecular formula is C11H16N2O2. The fraction of sp³-hybridized carbons (Fsp3) is 0.636. The number of rotatable bonds is 5. The molecule has 0 spiro atoms. The number of carbonyl (C=O) groups is 1. The smallest absolute Gasteiger partial charge is 0.328 e. The third-order valence-corrected chi connectivity index (χ3v) is 2.79. The quantitative estimate of drug-likeness (QED) is 0.806. The van der Waals surface area contributed by atoms with Crippen LogP contribution in [-0.2, 0) is 4.79 Å². The van der Waals surface area contributed by atoms with E-state index in [1.54, 1.807) is 10.9 Å². The van der Waals surface area contributed by atoms with Crippen LogP contribution in [0.5, 0.6) is 0 Å². The molecule has 1 unspecified atom stereocenters. The van der Waals surface area contributed by atoms with E-state index in [1.807, 2.05) is 13.0 Å². The molecule has 1 heterocycles. The summed E-state index contributed by atoms with van der Waals surface area (Å²) in [5.41, 5.74) is 1.05. The second-order valence-electron chi connectivity index (χ2n) is 4.14. The lowest BCUT2D eigenvalue weighted by molar-refractivity contribution is -0.141. The minimum absolute atomic E-state index is 0.498. The Morgan fingerprint density at radius 3 is 3.00 bits per heavy atom. The van der Waals surface area contributed by atoms with Gasteiger partial charge in [0, 0.05) is 12.1 Å². The Bertz CT molecular complexity index is 355. The zero-order chi connectivity index (χ0) is 10.8. The Hall–Kier alpha value is -1.32. The third-order valence-electron chi connectivity index (χ3n) is 2.79. The molecule has 0 aliphatic heterocycles. The number of aromatic nitrogens is 2. The molecule has 15 heavy (non-hydrogen) atoms. The Kier molecular flexibility index (Phi) is 2.75. The minimum atomic E-state index is -0.790. The van der Waals surface area contributed by atoms with Gasteiger partial charge in [-0.3, -0.25) is 4.68 Å². The number of carboxylic acids is 1. The maximum atomic E-state index is 11.0. The molecule has 1 aliphatic carbocycles. The van der Waals surface area contributed by atoms with Gasteiger partial charge in [-0.2, -0.15) is 5.10 Å². The molecule has 1 aliphatic rings. The molecule has 4 heteroatoms. The van der Waals surface area contributed by atoms with Crippen LogP contribution >= 0.6 is 0 Å². The Balaban J connectivity index is 2.13. The van der Waals surface area contributed by atoms with Gasteiger partial charge < -0.3 is 5.11 Å². The first-order chi connectivity index (χ1) is 7.22. The SMILES string of the molecule is CCCC(C(=O)O)n1ccc(C2CC2)n1. The highest BCUT2D eigenvalue weighted by atomic mass is 16.4. The highest BCUT2D eigenvalue weighted by Gasteiger charge is 2.27. The van der Waals surface area contributed by atoms with Crippen LogP contribution in [-0.4, -0.2) is 20.9 Å². The van der Waals surface area contributed by atoms with Crippen LogP contribution in [0.4, 0.5) is 0 Å². The van der Waals surface area contributed by atoms with Crippen LogP contribution in [0.25, 0.3) is 0 Å². The van der Waals surface area contributed by atoms with E-state index in [0.717, 1.165) is 12.1 Å². The van der Waals surface area contributed by atoms with Crippen molar-refractivity contribution in [3.05, 3.63) is 18.0 Å². The van der Waals surface area contributed by atoms with Crippen molar-refractivity contribution in [2.45, 2.75) is 44.6 Å². The molecule has 1 atom stereocenters. The van der Waals surface area contributed by atoms with Crippen LogP contribution in [0, 0.1) is 0 Å². The van der Waals surface area contributed by atoms with Crippen molar-refractivity contribution >= 4 is 5.97 Å². The zero-order valence-corrected chi connectivity index (χ0v) is 8.89. The van der Waals surface area contributed by atoms with E-state index in [1.165, 1.54) is 12.8 Å². The summed E-state index contributed by atoms with van der Waals surface area (Å²) < 4.78 is 1.60. The van der Waals surface area contributed by atoms with Gasteiger partial charge in [0.25, 0.3) is 0 Å². The van der Waals surface area contributed by atoms with Gasteiger partial charge in [-0.05, 0) is 25.3 Å². The largest absolute Gasteiger partial charge is 0.480 e. The summed E-state index contributed by atoms with van der Waals surface area (Å²) in [6.07, 6.45) is 5.68. The van der Waals surface area contributed by atoms with Crippen LogP contribution in [0.1, 0.15) is 50.3 Å². The summed E-state index contributed by atoms with van der Waals surface area (Å²) in [4.78, 5) is 11.0. The molecule has 1 N–H and O–H groups in total. The first kappa shape index (κ1) is 10.2. The minimum Gasteiger partial charge on any atom is -0.480 e. The molecule has 82 valence electrons. The van der Waals surface area contributed by atoms with Crippen molar-refractivity contribution in [2.75, 3.05) is 0 Å². The van der Waals surface area contributed by atoms with Crippen molar-refractivity contribution in [3.63, 3.8) is 0 Å². The van der Waals surface area contributed by atoms with E-state index in [-0.39, 0.29) is 0 Å². The predicted molar refractivity (Wildman–Crippen MR) is 55.8 cm³/mol. The Morgan fingerprint density at radius 1 is 1.73 bits per heavy atom. The number of nitrogens with zero attached hydrogens (tertiary/aromatic N) is 2. The highest BCUT2D eigenvalue weighted by Crippen LogP contribution is 2.39. The summed E-state index contributed by atoms with van der Waals surface area (Å²) in [6.45, 7) is 1.99. The predicted octanol–water partition coefficient (Wildman–Crippen LogP) is 2.19. The average molecular weight is 208 g/mol. The molecule has 1 aromatic rings. The molecule has 0 saturated heterocycles. The first-order valence-electron chi connectivity index (χ1n) is 5.50. The van der Waals surface area contributed by atoms with E-state index in [0.29, 0.717) is 12.3 Å². The second-order valence-corrected chi connectivity index (χ2v) is 4.14. The van der Waals surface area contributed by atoms with Crippen LogP contribution < -0.4 is 0 Å². The lowest BCUT2D eigenvalue weighted by Gasteiger charge is -2.11. The monoisotopic (exact) mass is 208 g/mol. The molecule has 0 radical (unpaired) electrons. The fourth-order valence-corrected chi connectivity index (χ4v) is 1.77. The van der Waals surface area contributed by atoms with Crippen molar-refractivity contribution in [1.29, 1.82) is 0 Å². The summed E-state index contributed by atoms with van der Waals surface area (Å²) in [5.74, 6) is -0.204. The molecule has 2 rings (SSSR count). The maximum absolute atomic E-state index is 11.0.